The molecule has 0 spiro atoms. The standard InChI is InChI=1S/C10H18N2O/c1-4-9(3)8-12(5-2)10(13)6-7-11/h9H,4-6,8H2,1-3H3. The zero-order valence-corrected chi connectivity index (χ0v) is 8.71. The van der Waals surface area contributed by atoms with Crippen LogP contribution in [0.3, 0.4) is 0 Å². The number of nitrogens with zero attached hydrogens (tertiary/aromatic N) is 2. The lowest BCUT2D eigenvalue weighted by molar-refractivity contribution is -0.130. The summed E-state index contributed by atoms with van der Waals surface area (Å²) in [5.41, 5.74) is 0. The Morgan fingerprint density at radius 3 is 2.54 bits per heavy atom. The molecular formula is C10H18N2O. The molecule has 0 rings (SSSR count). The molecule has 0 aliphatic carbocycles. The van der Waals surface area contributed by atoms with Crippen LogP contribution in [0, 0.1) is 17.2 Å². The van der Waals surface area contributed by atoms with Gasteiger partial charge in [0, 0.05) is 13.1 Å². The van der Waals surface area contributed by atoms with Gasteiger partial charge in [-0.05, 0) is 12.8 Å². The maximum absolute atomic E-state index is 11.3. The van der Waals surface area contributed by atoms with Crippen molar-refractivity contribution in [3.8, 4) is 6.07 Å². The highest BCUT2D eigenvalue weighted by Gasteiger charge is 2.12. The van der Waals surface area contributed by atoms with Gasteiger partial charge in [0.05, 0.1) is 6.07 Å². The Morgan fingerprint density at radius 1 is 1.54 bits per heavy atom. The summed E-state index contributed by atoms with van der Waals surface area (Å²) in [4.78, 5) is 13.1. The summed E-state index contributed by atoms with van der Waals surface area (Å²) in [7, 11) is 0. The van der Waals surface area contributed by atoms with Crippen molar-refractivity contribution in [2.45, 2.75) is 33.6 Å². The lowest BCUT2D eigenvalue weighted by atomic mass is 10.1. The molecule has 0 bridgehead atoms. The second-order valence-electron chi connectivity index (χ2n) is 3.28. The van der Waals surface area contributed by atoms with Crippen molar-refractivity contribution in [2.75, 3.05) is 13.1 Å². The minimum atomic E-state index is -0.0506. The van der Waals surface area contributed by atoms with Gasteiger partial charge < -0.3 is 4.90 Å². The molecule has 1 unspecified atom stereocenters. The van der Waals surface area contributed by atoms with Crippen molar-refractivity contribution >= 4 is 5.91 Å². The van der Waals surface area contributed by atoms with Crippen molar-refractivity contribution in [3.63, 3.8) is 0 Å². The van der Waals surface area contributed by atoms with Crippen LogP contribution >= 0.6 is 0 Å². The fourth-order valence-corrected chi connectivity index (χ4v) is 1.09. The first-order chi connectivity index (χ1) is 6.15. The molecule has 0 aromatic heterocycles. The summed E-state index contributed by atoms with van der Waals surface area (Å²) in [5, 5.41) is 8.37. The molecule has 0 aromatic carbocycles. The normalized spacial score (nSPS) is 11.8. The summed E-state index contributed by atoms with van der Waals surface area (Å²) in [6.45, 7) is 7.63. The second kappa shape index (κ2) is 6.47. The van der Waals surface area contributed by atoms with Crippen molar-refractivity contribution in [2.24, 2.45) is 5.92 Å². The number of nitriles is 1. The summed E-state index contributed by atoms with van der Waals surface area (Å²) in [6, 6.07) is 1.88. The van der Waals surface area contributed by atoms with Crippen LogP contribution in [0.4, 0.5) is 0 Å². The maximum atomic E-state index is 11.3. The van der Waals surface area contributed by atoms with E-state index in [1.54, 1.807) is 4.90 Å². The number of hydrogen-bond acceptors (Lipinski definition) is 2. The SMILES string of the molecule is CCC(C)CN(CC)C(=O)CC#N. The van der Waals surface area contributed by atoms with E-state index in [-0.39, 0.29) is 12.3 Å². The highest BCUT2D eigenvalue weighted by molar-refractivity contribution is 5.78. The van der Waals surface area contributed by atoms with Gasteiger partial charge in [0.1, 0.15) is 6.42 Å². The maximum Gasteiger partial charge on any atom is 0.236 e. The Labute approximate surface area is 80.3 Å². The van der Waals surface area contributed by atoms with Crippen LogP contribution in [-0.4, -0.2) is 23.9 Å². The Kier molecular flexibility index (Phi) is 5.96. The minimum Gasteiger partial charge on any atom is -0.342 e. The molecule has 0 N–H and O–H groups in total. The minimum absolute atomic E-state index is 0.00424. The molecule has 13 heavy (non-hydrogen) atoms. The third kappa shape index (κ3) is 4.51. The monoisotopic (exact) mass is 182 g/mol. The van der Waals surface area contributed by atoms with Gasteiger partial charge in [0.2, 0.25) is 5.91 Å². The topological polar surface area (TPSA) is 44.1 Å². The smallest absolute Gasteiger partial charge is 0.236 e. The first kappa shape index (κ1) is 12.0. The molecule has 0 aliphatic heterocycles. The number of carbonyl (C=O) groups excluding carboxylic acids is 1. The fourth-order valence-electron chi connectivity index (χ4n) is 1.09. The van der Waals surface area contributed by atoms with E-state index in [1.807, 2.05) is 13.0 Å². The van der Waals surface area contributed by atoms with E-state index in [4.69, 9.17) is 5.26 Å². The average molecular weight is 182 g/mol. The predicted octanol–water partition coefficient (Wildman–Crippen LogP) is 1.79. The molecule has 0 heterocycles. The Morgan fingerprint density at radius 2 is 2.15 bits per heavy atom. The molecule has 0 saturated carbocycles. The van der Waals surface area contributed by atoms with E-state index in [2.05, 4.69) is 13.8 Å². The second-order valence-corrected chi connectivity index (χ2v) is 3.28. The van der Waals surface area contributed by atoms with Gasteiger partial charge in [0.15, 0.2) is 0 Å². The summed E-state index contributed by atoms with van der Waals surface area (Å²) in [5.74, 6) is 0.466. The first-order valence-electron chi connectivity index (χ1n) is 4.80. The Hall–Kier alpha value is -1.04. The molecule has 0 fully saturated rings. The quantitative estimate of drug-likeness (QED) is 0.650. The van der Waals surface area contributed by atoms with E-state index in [9.17, 15) is 4.79 Å². The van der Waals surface area contributed by atoms with Crippen LogP contribution in [0.1, 0.15) is 33.6 Å². The van der Waals surface area contributed by atoms with Crippen LogP contribution in [-0.2, 0) is 4.79 Å². The molecule has 0 aromatic rings. The van der Waals surface area contributed by atoms with Crippen LogP contribution in [0.15, 0.2) is 0 Å². The molecular weight excluding hydrogens is 164 g/mol. The van der Waals surface area contributed by atoms with Gasteiger partial charge >= 0.3 is 0 Å². The summed E-state index contributed by atoms with van der Waals surface area (Å²) >= 11 is 0. The average Bonchev–Trinajstić information content (AvgIpc) is 2.14. The lowest BCUT2D eigenvalue weighted by Gasteiger charge is -2.22. The van der Waals surface area contributed by atoms with Crippen LogP contribution in [0.5, 0.6) is 0 Å². The van der Waals surface area contributed by atoms with Gasteiger partial charge in [-0.15, -0.1) is 0 Å². The first-order valence-corrected chi connectivity index (χ1v) is 4.80. The van der Waals surface area contributed by atoms with E-state index in [0.717, 1.165) is 13.0 Å². The molecule has 0 radical (unpaired) electrons. The van der Waals surface area contributed by atoms with Crippen molar-refractivity contribution in [3.05, 3.63) is 0 Å². The van der Waals surface area contributed by atoms with Crippen molar-refractivity contribution in [1.82, 2.24) is 4.90 Å². The third-order valence-electron chi connectivity index (χ3n) is 2.19. The van der Waals surface area contributed by atoms with Crippen LogP contribution < -0.4 is 0 Å². The van der Waals surface area contributed by atoms with Crippen molar-refractivity contribution in [1.29, 1.82) is 5.26 Å². The van der Waals surface area contributed by atoms with Crippen LogP contribution in [0.25, 0.3) is 0 Å². The predicted molar refractivity (Wildman–Crippen MR) is 51.9 cm³/mol. The Bertz CT molecular complexity index is 196. The van der Waals surface area contributed by atoms with Gasteiger partial charge in [-0.2, -0.15) is 5.26 Å². The number of amides is 1. The van der Waals surface area contributed by atoms with Gasteiger partial charge in [-0.3, -0.25) is 4.79 Å². The lowest BCUT2D eigenvalue weighted by Crippen LogP contribution is -2.34. The molecule has 74 valence electrons. The molecule has 3 heteroatoms. The number of carbonyl (C=O) groups is 1. The van der Waals surface area contributed by atoms with E-state index in [1.165, 1.54) is 0 Å². The molecule has 1 atom stereocenters. The summed E-state index contributed by atoms with van der Waals surface area (Å²) < 4.78 is 0. The highest BCUT2D eigenvalue weighted by atomic mass is 16.2. The zero-order valence-electron chi connectivity index (χ0n) is 8.71. The zero-order chi connectivity index (χ0) is 10.3. The Balaban J connectivity index is 4.03. The third-order valence-corrected chi connectivity index (χ3v) is 2.19. The van der Waals surface area contributed by atoms with Gasteiger partial charge in [0.25, 0.3) is 0 Å². The number of hydrogen-bond donors (Lipinski definition) is 0. The van der Waals surface area contributed by atoms with E-state index in [0.29, 0.717) is 12.5 Å². The molecule has 3 nitrogen and oxygen atoms in total. The van der Waals surface area contributed by atoms with Crippen molar-refractivity contribution < 1.29 is 4.79 Å². The molecule has 0 aliphatic rings. The summed E-state index contributed by atoms with van der Waals surface area (Å²) in [6.07, 6.45) is 1.07. The van der Waals surface area contributed by atoms with Gasteiger partial charge in [-0.25, -0.2) is 0 Å². The highest BCUT2D eigenvalue weighted by Crippen LogP contribution is 2.05. The molecule has 1 amide bonds. The van der Waals surface area contributed by atoms with E-state index < -0.39 is 0 Å². The molecule has 0 saturated heterocycles. The van der Waals surface area contributed by atoms with Gasteiger partial charge in [-0.1, -0.05) is 20.3 Å². The van der Waals surface area contributed by atoms with E-state index >= 15 is 0 Å². The van der Waals surface area contributed by atoms with Crippen LogP contribution in [0.2, 0.25) is 0 Å². The largest absolute Gasteiger partial charge is 0.342 e. The number of rotatable bonds is 5. The fraction of sp³-hybridized carbons (Fsp3) is 0.800.